The zero-order valence-electron chi connectivity index (χ0n) is 54.1. The molecule has 1 aromatic rings. The summed E-state index contributed by atoms with van der Waals surface area (Å²) in [6.45, 7) is 1.63. The fraction of sp³-hybridized carbons (Fsp3) is 0.698. The number of halogens is 5. The van der Waals surface area contributed by atoms with Crippen LogP contribution in [0.4, 0.5) is 36.3 Å². The molecule has 0 aromatic heterocycles. The molecule has 8 aliphatic heterocycles. The first-order valence-electron chi connectivity index (χ1n) is 33.6. The quantitative estimate of drug-likeness (QED) is 0.00556. The van der Waals surface area contributed by atoms with E-state index in [-0.39, 0.29) is 140 Å². The number of nitrogens with one attached hydrogen (secondary N) is 9. The van der Waals surface area contributed by atoms with Crippen molar-refractivity contribution >= 4 is 112 Å². The minimum atomic E-state index is -2.31. The molecule has 0 radical (unpaired) electrons. The fourth-order valence-corrected chi connectivity index (χ4v) is 16.9. The topological polar surface area (TPSA) is 355 Å². The van der Waals surface area contributed by atoms with Gasteiger partial charge in [-0.25, -0.2) is 32.3 Å². The van der Waals surface area contributed by atoms with Gasteiger partial charge in [0.1, 0.15) is 0 Å². The Labute approximate surface area is 571 Å². The van der Waals surface area contributed by atoms with Crippen LogP contribution in [0.25, 0.3) is 0 Å². The lowest BCUT2D eigenvalue weighted by Gasteiger charge is -2.16. The summed E-state index contributed by atoms with van der Waals surface area (Å²) in [7, 11) is 0. The molecule has 8 saturated heterocycles. The number of ether oxygens (including phenoxy) is 1. The fourth-order valence-electron chi connectivity index (χ4n) is 12.2. The summed E-state index contributed by atoms with van der Waals surface area (Å²) in [6.07, 6.45) is 16.2. The smallest absolute Gasteiger partial charge is 0.333 e. The number of benzene rings is 1. The molecule has 0 bridgehead atoms. The number of hydrogen-bond donors (Lipinski definition) is 9. The van der Waals surface area contributed by atoms with Crippen LogP contribution in [0.3, 0.4) is 0 Å². The predicted octanol–water partition coefficient (Wildman–Crippen LogP) is 5.79. The zero-order chi connectivity index (χ0) is 70.0. The van der Waals surface area contributed by atoms with Crippen molar-refractivity contribution in [1.29, 1.82) is 0 Å². The van der Waals surface area contributed by atoms with Crippen LogP contribution >= 0.6 is 35.3 Å². The molecular weight excluding hydrogens is 1340 g/mol. The highest BCUT2D eigenvalue weighted by molar-refractivity contribution is 8.00. The lowest BCUT2D eigenvalue weighted by atomic mass is 10.0. The van der Waals surface area contributed by atoms with E-state index in [1.807, 2.05) is 23.5 Å². The Kier molecular flexibility index (Phi) is 31.6. The van der Waals surface area contributed by atoms with E-state index in [1.165, 1.54) is 0 Å². The summed E-state index contributed by atoms with van der Waals surface area (Å²) < 4.78 is 70.4. The monoisotopic (exact) mass is 1430 g/mol. The van der Waals surface area contributed by atoms with Crippen molar-refractivity contribution in [2.75, 3.05) is 43.4 Å². The van der Waals surface area contributed by atoms with Gasteiger partial charge in [0.15, 0.2) is 5.78 Å². The maximum Gasteiger partial charge on any atom is 0.333 e. The Bertz CT molecular complexity index is 2960. The van der Waals surface area contributed by atoms with Crippen LogP contribution < -0.4 is 52.6 Å². The van der Waals surface area contributed by atoms with E-state index in [4.69, 9.17) is 4.84 Å². The van der Waals surface area contributed by atoms with Crippen LogP contribution in [0, 0.1) is 29.1 Å². The molecule has 0 saturated carbocycles. The number of unbranched alkanes of at least 4 members (excludes halogenated alkanes) is 9. The molecule has 9 N–H and O–H groups in total. The molecule has 34 heteroatoms. The maximum atomic E-state index is 13.5. The summed E-state index contributed by atoms with van der Waals surface area (Å²) in [5.41, 5.74) is 0. The van der Waals surface area contributed by atoms with Gasteiger partial charge in [-0.05, 0) is 77.0 Å². The molecule has 0 aliphatic carbocycles. The second-order valence-electron chi connectivity index (χ2n) is 24.9. The zero-order valence-corrected chi connectivity index (χ0v) is 56.5. The van der Waals surface area contributed by atoms with E-state index in [9.17, 15) is 84.3 Å². The van der Waals surface area contributed by atoms with E-state index >= 15 is 0 Å². The Morgan fingerprint density at radius 1 is 0.402 bits per heavy atom. The minimum absolute atomic E-state index is 0.0147. The number of rotatable bonds is 37. The molecule has 9 rings (SSSR count). The number of nitrogens with zero attached hydrogens (tertiary/aromatic N) is 2. The van der Waals surface area contributed by atoms with Crippen molar-refractivity contribution < 1.29 is 93.9 Å². The molecule has 13 amide bonds. The van der Waals surface area contributed by atoms with Gasteiger partial charge in [0, 0.05) is 117 Å². The van der Waals surface area contributed by atoms with E-state index in [0.717, 1.165) is 106 Å². The number of likely N-dealkylation sites (tertiary alicyclic amines) is 1. The summed E-state index contributed by atoms with van der Waals surface area (Å²) in [6, 6.07) is 0.644. The van der Waals surface area contributed by atoms with Crippen LogP contribution in [-0.2, 0) is 52.8 Å². The van der Waals surface area contributed by atoms with Crippen LogP contribution in [0.1, 0.15) is 180 Å². The summed E-state index contributed by atoms with van der Waals surface area (Å²) >= 11 is 5.47. The number of ketones is 1. The van der Waals surface area contributed by atoms with Crippen LogP contribution in [0.2, 0.25) is 0 Å². The number of thioether (sulfide) groups is 3. The van der Waals surface area contributed by atoms with Crippen LogP contribution in [-0.4, -0.2) is 183 Å². The van der Waals surface area contributed by atoms with Crippen molar-refractivity contribution in [2.45, 2.75) is 232 Å². The number of fused-ring (bicyclic) bond motifs is 3. The van der Waals surface area contributed by atoms with Gasteiger partial charge < -0.3 is 57.4 Å². The van der Waals surface area contributed by atoms with Crippen molar-refractivity contribution in [3.63, 3.8) is 0 Å². The van der Waals surface area contributed by atoms with Crippen molar-refractivity contribution in [1.82, 2.24) is 57.8 Å². The third-order valence-corrected chi connectivity index (χ3v) is 22.1. The number of hydroxylamine groups is 2. The molecule has 538 valence electrons. The highest BCUT2D eigenvalue weighted by Gasteiger charge is 2.45. The third kappa shape index (κ3) is 24.5. The van der Waals surface area contributed by atoms with E-state index < -0.39 is 58.6 Å². The van der Waals surface area contributed by atoms with E-state index in [0.29, 0.717) is 93.0 Å². The molecule has 9 unspecified atom stereocenters. The Hall–Kier alpha value is -6.97. The van der Waals surface area contributed by atoms with Gasteiger partial charge in [-0.1, -0.05) is 38.5 Å². The third-order valence-electron chi connectivity index (χ3n) is 17.5. The summed E-state index contributed by atoms with van der Waals surface area (Å²) in [4.78, 5) is 157. The second kappa shape index (κ2) is 39.6. The van der Waals surface area contributed by atoms with Gasteiger partial charge in [-0.2, -0.15) is 44.1 Å². The van der Waals surface area contributed by atoms with E-state index in [1.54, 1.807) is 11.8 Å². The predicted molar refractivity (Wildman–Crippen MR) is 346 cm³/mol. The SMILES string of the molecule is O=C(CCCCC1SCC2NC(=O)NC21)NCCCCCC(=O)ON1C(=O)CCC1=O.O=C(CCCCCNC(=O)CCCCCNC(=O)CCCCC1SCC2NC(=O)NC21)CN1C(=O)CCC1=O.O=C1NC2CSC(CCCCC(=O)Oc3c(F)c(F)c(F)c(F)c3F)C2N1. The van der Waals surface area contributed by atoms with Gasteiger partial charge >= 0.3 is 30.0 Å². The van der Waals surface area contributed by atoms with Crippen molar-refractivity contribution in [3.8, 4) is 5.75 Å². The number of Topliss-reactive ketones (excluding diaryl/α,β-unsaturated/α-hetero) is 1. The van der Waals surface area contributed by atoms with Gasteiger partial charge in [-0.3, -0.25) is 48.1 Å². The normalized spacial score (nSPS) is 23.4. The minimum Gasteiger partial charge on any atom is -0.420 e. The number of amides is 13. The number of imide groups is 2. The molecule has 8 fully saturated rings. The van der Waals surface area contributed by atoms with Gasteiger partial charge in [0.2, 0.25) is 64.4 Å². The number of hydrogen-bond acceptors (Lipinski definition) is 18. The lowest BCUT2D eigenvalue weighted by Crippen LogP contribution is -2.36. The number of carbonyl (C=O) groups excluding carboxylic acids is 13. The molecule has 0 spiro atoms. The van der Waals surface area contributed by atoms with Crippen LogP contribution in [0.5, 0.6) is 5.75 Å². The molecule has 8 aliphatic rings. The number of esters is 1. The largest absolute Gasteiger partial charge is 0.420 e. The van der Waals surface area contributed by atoms with Crippen molar-refractivity contribution in [2.24, 2.45) is 0 Å². The molecule has 8 heterocycles. The highest BCUT2D eigenvalue weighted by Crippen LogP contribution is 2.36. The first kappa shape index (κ1) is 77.4. The first-order valence-corrected chi connectivity index (χ1v) is 36.7. The molecular formula is C63H88F5N11O15S3. The van der Waals surface area contributed by atoms with Gasteiger partial charge in [-0.15, -0.1) is 5.06 Å². The molecule has 97 heavy (non-hydrogen) atoms. The number of carbonyl (C=O) groups is 13. The maximum absolute atomic E-state index is 13.5. The second-order valence-corrected chi connectivity index (χ2v) is 28.7. The number of urea groups is 3. The summed E-state index contributed by atoms with van der Waals surface area (Å²) in [5.74, 6) is -13.1. The molecule has 9 atom stereocenters. The lowest BCUT2D eigenvalue weighted by molar-refractivity contribution is -0.197. The van der Waals surface area contributed by atoms with Crippen molar-refractivity contribution in [3.05, 3.63) is 29.1 Å². The molecule has 1 aromatic carbocycles. The molecule has 26 nitrogen and oxygen atoms in total. The standard InChI is InChI=1S/C27H43N5O6S.C20H30N4O6S.C16H15F5N2O3S/c33-19(17-32-24(36)13-14-25(32)37)9-3-1-7-15-28-22(34)11-4-2-8-16-29-23(35)12-6-5-10-21-26-20(18-39-21)30-27(38)31-26;25-15(7-4-3-6-14-19-13(12-31-14)22-20(29)23-19)21-11-5-1-2-8-18(28)30-24-16(26)9-10-17(24)27;17-9-10(18)12(20)15(13(21)11(9)19)26-8(24)4-2-1-3-7-14-6(5-27-7)22-16(25)23-14/h20-21,26H,1-18H2,(H,28,34)(H,29,35)(H2,30,31,38);13-14,19H,1-12H2,(H,21,25)(H2,22,23,29);6-7,14H,1-5H2,(H2,22,23,25). The average Bonchev–Trinajstić information content (AvgIpc) is 1.76. The van der Waals surface area contributed by atoms with Crippen LogP contribution in [0.15, 0.2) is 0 Å². The Morgan fingerprint density at radius 2 is 0.742 bits per heavy atom. The average molecular weight is 1430 g/mol. The highest BCUT2D eigenvalue weighted by atomic mass is 32.2. The first-order chi connectivity index (χ1) is 46.6. The Balaban J connectivity index is 0.000000209. The van der Waals surface area contributed by atoms with Gasteiger partial charge in [0.25, 0.3) is 11.8 Å². The van der Waals surface area contributed by atoms with E-state index in [2.05, 4.69) is 52.6 Å². The Morgan fingerprint density at radius 3 is 1.15 bits per heavy atom. The summed E-state index contributed by atoms with van der Waals surface area (Å²) in [5, 5.41) is 27.8. The van der Waals surface area contributed by atoms with Gasteiger partial charge in [0.05, 0.1) is 42.8 Å².